The topological polar surface area (TPSA) is 0 Å². The molecule has 0 radical (unpaired) electrons. The van der Waals surface area contributed by atoms with Crippen molar-refractivity contribution in [3.63, 3.8) is 0 Å². The van der Waals surface area contributed by atoms with Gasteiger partial charge >= 0.3 is 28.4 Å². The maximum Gasteiger partial charge on any atom is -1.00 e. The molecule has 0 aromatic rings. The van der Waals surface area contributed by atoms with Gasteiger partial charge in [-0.15, -0.1) is 13.3 Å². The molecule has 1 unspecified atom stereocenters. The first-order valence-electron chi connectivity index (χ1n) is 6.29. The molecule has 0 nitrogen and oxygen atoms in total. The Hall–Kier alpha value is 0.293. The van der Waals surface area contributed by atoms with Crippen LogP contribution in [0.2, 0.25) is 0 Å². The monoisotopic (exact) mass is 388 g/mol. The van der Waals surface area contributed by atoms with Crippen molar-refractivity contribution >= 4 is 4.21 Å². The van der Waals surface area contributed by atoms with E-state index in [2.05, 4.69) is 64.0 Å². The van der Waals surface area contributed by atoms with Crippen LogP contribution in [0.3, 0.4) is 0 Å². The van der Waals surface area contributed by atoms with Gasteiger partial charge in [0.15, 0.2) is 0 Å². The predicted octanol–water partition coefficient (Wildman–Crippen LogP) is -1.22. The molecule has 0 amide bonds. The van der Waals surface area contributed by atoms with Crippen LogP contribution in [0.15, 0.2) is 33.9 Å². The second-order valence-corrected chi connectivity index (χ2v) is 4.83. The van der Waals surface area contributed by atoms with Gasteiger partial charge in [-0.05, 0) is 0 Å². The van der Waals surface area contributed by atoms with Crippen LogP contribution in [-0.4, -0.2) is 4.21 Å². The predicted molar refractivity (Wildman–Crippen MR) is 77.9 cm³/mol. The van der Waals surface area contributed by atoms with E-state index < -0.39 is 0 Å². The van der Waals surface area contributed by atoms with Crippen LogP contribution < -0.4 is 24.8 Å². The molecule has 0 bridgehead atoms. The molecule has 0 N–H and O–H groups in total. The molecule has 20 heavy (non-hydrogen) atoms. The van der Waals surface area contributed by atoms with Gasteiger partial charge in [0, 0.05) is 0 Å². The van der Waals surface area contributed by atoms with E-state index in [0.717, 1.165) is 6.42 Å². The average molecular weight is 391 g/mol. The summed E-state index contributed by atoms with van der Waals surface area (Å²) < 4.78 is 3.34. The molecular weight excluding hydrogens is 366 g/mol. The van der Waals surface area contributed by atoms with Crippen LogP contribution in [0.25, 0.3) is 0 Å². The fourth-order valence-corrected chi connectivity index (χ4v) is 1.91. The summed E-state index contributed by atoms with van der Waals surface area (Å²) in [7, 11) is 0. The molecule has 0 heterocycles. The van der Waals surface area contributed by atoms with Crippen LogP contribution in [0.4, 0.5) is 0 Å². The maximum absolute atomic E-state index is 3.36. The van der Waals surface area contributed by atoms with E-state index in [0.29, 0.717) is 5.92 Å². The SMILES string of the molecule is CC1=[C-]C(C)C(C)=C1C.CC1=[C-]CC(C)=C1.[CH2]=[Zr+2].[Cl-].[Cl-]. The van der Waals surface area contributed by atoms with Gasteiger partial charge in [-0.2, -0.15) is 16.7 Å². The number of hydrogen-bond donors (Lipinski definition) is 0. The summed E-state index contributed by atoms with van der Waals surface area (Å²) in [6, 6.07) is 0. The number of rotatable bonds is 0. The molecule has 3 heteroatoms. The Morgan fingerprint density at radius 1 is 1.10 bits per heavy atom. The minimum Gasteiger partial charge on any atom is -1.00 e. The van der Waals surface area contributed by atoms with Crippen molar-refractivity contribution in [2.24, 2.45) is 5.92 Å². The molecule has 1 atom stereocenters. The van der Waals surface area contributed by atoms with Gasteiger partial charge in [0.1, 0.15) is 0 Å². The van der Waals surface area contributed by atoms with E-state index in [1.54, 1.807) is 0 Å². The molecule has 0 aromatic carbocycles. The molecule has 112 valence electrons. The molecule has 2 aliphatic rings. The van der Waals surface area contributed by atoms with Crippen molar-refractivity contribution < 1.29 is 49.0 Å². The van der Waals surface area contributed by atoms with Gasteiger partial charge in [-0.25, -0.2) is 17.2 Å². The summed E-state index contributed by atoms with van der Waals surface area (Å²) in [6.07, 6.45) is 9.77. The molecule has 2 rings (SSSR count). The first-order chi connectivity index (χ1) is 8.41. The molecule has 0 aliphatic heterocycles. The first kappa shape index (κ1) is 25.3. The summed E-state index contributed by atoms with van der Waals surface area (Å²) in [5.74, 6) is 0.560. The van der Waals surface area contributed by atoms with E-state index in [4.69, 9.17) is 0 Å². The van der Waals surface area contributed by atoms with Crippen LogP contribution in [0.1, 0.15) is 48.0 Å². The molecule has 0 spiro atoms. The Kier molecular flexibility index (Phi) is 16.4. The Morgan fingerprint density at radius 3 is 1.70 bits per heavy atom. The average Bonchev–Trinajstić information content (AvgIpc) is 2.82. The van der Waals surface area contributed by atoms with Crippen molar-refractivity contribution in [3.05, 3.63) is 46.1 Å². The molecular formula is C17H24Cl2Zr-2. The van der Waals surface area contributed by atoms with Crippen molar-refractivity contribution in [1.29, 1.82) is 0 Å². The van der Waals surface area contributed by atoms with E-state index in [1.807, 2.05) is 0 Å². The van der Waals surface area contributed by atoms with Gasteiger partial charge in [-0.1, -0.05) is 40.5 Å². The second-order valence-electron chi connectivity index (χ2n) is 4.83. The normalized spacial score (nSPS) is 19.2. The van der Waals surface area contributed by atoms with Gasteiger partial charge in [0.05, 0.1) is 0 Å². The standard InChI is InChI=1S/C9H13.C7H9.CH2.2ClH.Zr/c1-6-5-7(2)9(4)8(6)3;1-6-3-4-7(2)5-6;;;;/h6H,1-4H3;5H,3H2,1-2H3;1H2;2*1H;/q2*-1;;;;+2/p-2. The van der Waals surface area contributed by atoms with Crippen LogP contribution in [-0.2, 0) is 24.2 Å². The zero-order chi connectivity index (χ0) is 14.3. The third-order valence-corrected chi connectivity index (χ3v) is 3.35. The number of halogens is 2. The van der Waals surface area contributed by atoms with Crippen LogP contribution in [0, 0.1) is 18.1 Å². The van der Waals surface area contributed by atoms with E-state index in [9.17, 15) is 0 Å². The zero-order valence-electron chi connectivity index (χ0n) is 13.3. The molecule has 0 saturated carbocycles. The smallest absolute Gasteiger partial charge is 1.00 e. The summed E-state index contributed by atoms with van der Waals surface area (Å²) in [6.45, 7) is 12.9. The Morgan fingerprint density at radius 2 is 1.60 bits per heavy atom. The molecule has 0 fully saturated rings. The van der Waals surface area contributed by atoms with Gasteiger partial charge in [-0.3, -0.25) is 12.2 Å². The maximum atomic E-state index is 3.36. The quantitative estimate of drug-likeness (QED) is 0.455. The Labute approximate surface area is 152 Å². The zero-order valence-corrected chi connectivity index (χ0v) is 17.3. The molecule has 2 aliphatic carbocycles. The second kappa shape index (κ2) is 13.0. The minimum atomic E-state index is 0. The van der Waals surface area contributed by atoms with Crippen molar-refractivity contribution in [2.75, 3.05) is 0 Å². The first-order valence-corrected chi connectivity index (χ1v) is 8.03. The number of allylic oxidation sites excluding steroid dienone is 8. The van der Waals surface area contributed by atoms with E-state index in [1.165, 1.54) is 52.1 Å². The summed E-state index contributed by atoms with van der Waals surface area (Å²) in [5, 5.41) is 0. The fourth-order valence-electron chi connectivity index (χ4n) is 1.91. The number of hydrogen-bond acceptors (Lipinski definition) is 0. The minimum absolute atomic E-state index is 0. The fraction of sp³-hybridized carbons (Fsp3) is 0.471. The van der Waals surface area contributed by atoms with E-state index in [-0.39, 0.29) is 24.8 Å². The van der Waals surface area contributed by atoms with Crippen LogP contribution in [0.5, 0.6) is 0 Å². The van der Waals surface area contributed by atoms with Gasteiger partial charge in [0.2, 0.25) is 0 Å². The summed E-state index contributed by atoms with van der Waals surface area (Å²) in [4.78, 5) is 0. The van der Waals surface area contributed by atoms with Crippen molar-refractivity contribution in [3.8, 4) is 0 Å². The van der Waals surface area contributed by atoms with E-state index >= 15 is 0 Å². The van der Waals surface area contributed by atoms with Gasteiger partial charge in [0.25, 0.3) is 0 Å². The third-order valence-electron chi connectivity index (χ3n) is 3.35. The molecule has 0 aromatic heterocycles. The summed E-state index contributed by atoms with van der Waals surface area (Å²) >= 11 is 1.30. The Balaban J connectivity index is -0.000000240. The third kappa shape index (κ3) is 8.55. The summed E-state index contributed by atoms with van der Waals surface area (Å²) in [5.41, 5.74) is 6.96. The van der Waals surface area contributed by atoms with Crippen molar-refractivity contribution in [1.82, 2.24) is 0 Å². The van der Waals surface area contributed by atoms with Crippen molar-refractivity contribution in [2.45, 2.75) is 48.0 Å². The Bertz CT molecular complexity index is 415. The largest absolute Gasteiger partial charge is 1.00 e. The van der Waals surface area contributed by atoms with Crippen LogP contribution >= 0.6 is 0 Å². The van der Waals surface area contributed by atoms with Gasteiger partial charge < -0.3 is 24.8 Å². The molecule has 0 saturated heterocycles.